The smallest absolute Gasteiger partial charge is 0.222 e. The van der Waals surface area contributed by atoms with E-state index in [1.54, 1.807) is 7.11 Å². The zero-order valence-corrected chi connectivity index (χ0v) is 10.6. The monoisotopic (exact) mass is 236 g/mol. The van der Waals surface area contributed by atoms with Crippen molar-refractivity contribution in [2.24, 2.45) is 5.73 Å². The zero-order valence-electron chi connectivity index (χ0n) is 10.6. The highest BCUT2D eigenvalue weighted by atomic mass is 16.5. The Hall–Kier alpha value is -1.55. The van der Waals surface area contributed by atoms with Gasteiger partial charge in [0.2, 0.25) is 5.91 Å². The maximum Gasteiger partial charge on any atom is 0.222 e. The van der Waals surface area contributed by atoms with Crippen LogP contribution in [0.5, 0.6) is 5.75 Å². The zero-order chi connectivity index (χ0) is 12.8. The van der Waals surface area contributed by atoms with Crippen LogP contribution in [0.2, 0.25) is 0 Å². The van der Waals surface area contributed by atoms with Gasteiger partial charge in [0.15, 0.2) is 0 Å². The standard InChI is InChI=1S/C13H20N2O2/c1-9(14)8-13(16)15-10(2)11-6-4-5-7-12(11)17-3/h4-7,9-10H,8,14H2,1-3H3,(H,15,16). The van der Waals surface area contributed by atoms with Crippen molar-refractivity contribution in [2.75, 3.05) is 7.11 Å². The number of methoxy groups -OCH3 is 1. The normalized spacial score (nSPS) is 13.9. The van der Waals surface area contributed by atoms with Crippen molar-refractivity contribution in [1.29, 1.82) is 0 Å². The van der Waals surface area contributed by atoms with Gasteiger partial charge in [0.05, 0.1) is 13.2 Å². The minimum Gasteiger partial charge on any atom is -0.496 e. The lowest BCUT2D eigenvalue weighted by Crippen LogP contribution is -2.31. The van der Waals surface area contributed by atoms with Gasteiger partial charge < -0.3 is 15.8 Å². The number of nitrogens with two attached hydrogens (primary N) is 1. The molecule has 0 saturated carbocycles. The molecule has 0 aliphatic carbocycles. The fraction of sp³-hybridized carbons (Fsp3) is 0.462. The molecule has 2 unspecified atom stereocenters. The fourth-order valence-corrected chi connectivity index (χ4v) is 1.69. The predicted octanol–water partition coefficient (Wildman–Crippen LogP) is 1.61. The van der Waals surface area contributed by atoms with E-state index >= 15 is 0 Å². The summed E-state index contributed by atoms with van der Waals surface area (Å²) in [5.41, 5.74) is 6.54. The summed E-state index contributed by atoms with van der Waals surface area (Å²) in [7, 11) is 1.62. The molecule has 1 aromatic rings. The molecule has 0 aliphatic heterocycles. The molecule has 0 bridgehead atoms. The van der Waals surface area contributed by atoms with Crippen LogP contribution in [0.1, 0.15) is 31.9 Å². The van der Waals surface area contributed by atoms with Crippen molar-refractivity contribution in [3.8, 4) is 5.75 Å². The molecule has 0 aromatic heterocycles. The minimum atomic E-state index is -0.125. The second kappa shape index (κ2) is 6.25. The summed E-state index contributed by atoms with van der Waals surface area (Å²) in [4.78, 5) is 11.6. The Morgan fingerprint density at radius 1 is 1.41 bits per heavy atom. The molecule has 0 fully saturated rings. The summed E-state index contributed by atoms with van der Waals surface area (Å²) in [5, 5.41) is 2.90. The Balaban J connectivity index is 2.69. The van der Waals surface area contributed by atoms with Crippen molar-refractivity contribution in [3.63, 3.8) is 0 Å². The van der Waals surface area contributed by atoms with E-state index in [1.807, 2.05) is 38.1 Å². The second-order valence-electron chi connectivity index (χ2n) is 4.21. The average Bonchev–Trinajstić information content (AvgIpc) is 2.27. The molecule has 3 N–H and O–H groups in total. The first-order valence-electron chi connectivity index (χ1n) is 5.72. The number of carbonyl (C=O) groups is 1. The number of benzene rings is 1. The first kappa shape index (κ1) is 13.5. The topological polar surface area (TPSA) is 64.3 Å². The highest BCUT2D eigenvalue weighted by Gasteiger charge is 2.14. The van der Waals surface area contributed by atoms with E-state index in [2.05, 4.69) is 5.32 Å². The number of hydrogen-bond donors (Lipinski definition) is 2. The van der Waals surface area contributed by atoms with Crippen LogP contribution in [0.15, 0.2) is 24.3 Å². The molecular formula is C13H20N2O2. The van der Waals surface area contributed by atoms with Gasteiger partial charge in [-0.3, -0.25) is 4.79 Å². The SMILES string of the molecule is COc1ccccc1C(C)NC(=O)CC(C)N. The highest BCUT2D eigenvalue weighted by molar-refractivity contribution is 5.77. The number of rotatable bonds is 5. The Labute approximate surface area is 102 Å². The molecule has 4 nitrogen and oxygen atoms in total. The van der Waals surface area contributed by atoms with E-state index in [4.69, 9.17) is 10.5 Å². The fourth-order valence-electron chi connectivity index (χ4n) is 1.69. The summed E-state index contributed by atoms with van der Waals surface area (Å²) < 4.78 is 5.25. The average molecular weight is 236 g/mol. The summed E-state index contributed by atoms with van der Waals surface area (Å²) in [6.45, 7) is 3.74. The maximum absolute atomic E-state index is 11.6. The van der Waals surface area contributed by atoms with Crippen LogP contribution in [-0.4, -0.2) is 19.1 Å². The van der Waals surface area contributed by atoms with E-state index in [1.165, 1.54) is 0 Å². The molecule has 0 heterocycles. The van der Waals surface area contributed by atoms with Crippen LogP contribution in [-0.2, 0) is 4.79 Å². The van der Waals surface area contributed by atoms with Crippen molar-refractivity contribution in [1.82, 2.24) is 5.32 Å². The van der Waals surface area contributed by atoms with Gasteiger partial charge in [-0.2, -0.15) is 0 Å². The highest BCUT2D eigenvalue weighted by Crippen LogP contribution is 2.24. The molecule has 0 aliphatic rings. The lowest BCUT2D eigenvalue weighted by Gasteiger charge is -2.17. The van der Waals surface area contributed by atoms with Gasteiger partial charge in [0.25, 0.3) is 0 Å². The van der Waals surface area contributed by atoms with Gasteiger partial charge in [-0.1, -0.05) is 18.2 Å². The Morgan fingerprint density at radius 2 is 2.06 bits per heavy atom. The molecule has 0 spiro atoms. The van der Waals surface area contributed by atoms with Crippen LogP contribution < -0.4 is 15.8 Å². The third kappa shape index (κ3) is 4.07. The van der Waals surface area contributed by atoms with Gasteiger partial charge in [0.1, 0.15) is 5.75 Å². The Bertz CT molecular complexity index is 377. The maximum atomic E-state index is 11.6. The van der Waals surface area contributed by atoms with Gasteiger partial charge in [-0.15, -0.1) is 0 Å². The number of carbonyl (C=O) groups excluding carboxylic acids is 1. The van der Waals surface area contributed by atoms with E-state index in [9.17, 15) is 4.79 Å². The molecule has 0 saturated heterocycles. The van der Waals surface area contributed by atoms with E-state index in [-0.39, 0.29) is 18.0 Å². The molecule has 94 valence electrons. The van der Waals surface area contributed by atoms with Crippen molar-refractivity contribution >= 4 is 5.91 Å². The second-order valence-corrected chi connectivity index (χ2v) is 4.21. The van der Waals surface area contributed by atoms with Gasteiger partial charge in [-0.25, -0.2) is 0 Å². The number of hydrogen-bond acceptors (Lipinski definition) is 3. The van der Waals surface area contributed by atoms with Gasteiger partial charge in [-0.05, 0) is 19.9 Å². The van der Waals surface area contributed by atoms with E-state index in [0.717, 1.165) is 11.3 Å². The van der Waals surface area contributed by atoms with Gasteiger partial charge in [0, 0.05) is 18.0 Å². The third-order valence-corrected chi connectivity index (χ3v) is 2.49. The van der Waals surface area contributed by atoms with Crippen molar-refractivity contribution < 1.29 is 9.53 Å². The van der Waals surface area contributed by atoms with Crippen LogP contribution in [0, 0.1) is 0 Å². The van der Waals surface area contributed by atoms with Crippen molar-refractivity contribution in [3.05, 3.63) is 29.8 Å². The molecule has 17 heavy (non-hydrogen) atoms. The van der Waals surface area contributed by atoms with Crippen LogP contribution >= 0.6 is 0 Å². The summed E-state index contributed by atoms with van der Waals surface area (Å²) in [6, 6.07) is 7.43. The van der Waals surface area contributed by atoms with Crippen LogP contribution in [0.3, 0.4) is 0 Å². The number of amides is 1. The summed E-state index contributed by atoms with van der Waals surface area (Å²) in [6.07, 6.45) is 0.333. The summed E-state index contributed by atoms with van der Waals surface area (Å²) >= 11 is 0. The van der Waals surface area contributed by atoms with Gasteiger partial charge >= 0.3 is 0 Å². The number of para-hydroxylation sites is 1. The number of nitrogens with one attached hydrogen (secondary N) is 1. The molecule has 0 radical (unpaired) electrons. The molecule has 4 heteroatoms. The van der Waals surface area contributed by atoms with E-state index < -0.39 is 0 Å². The Kier molecular flexibility index (Phi) is 4.97. The first-order chi connectivity index (χ1) is 8.04. The molecule has 1 aromatic carbocycles. The molecule has 1 rings (SSSR count). The number of ether oxygens (including phenoxy) is 1. The summed E-state index contributed by atoms with van der Waals surface area (Å²) in [5.74, 6) is 0.736. The quantitative estimate of drug-likeness (QED) is 0.816. The minimum absolute atomic E-state index is 0.0431. The Morgan fingerprint density at radius 3 is 2.65 bits per heavy atom. The third-order valence-electron chi connectivity index (χ3n) is 2.49. The lowest BCUT2D eigenvalue weighted by molar-refractivity contribution is -0.122. The lowest BCUT2D eigenvalue weighted by atomic mass is 10.1. The molecular weight excluding hydrogens is 216 g/mol. The van der Waals surface area contributed by atoms with Crippen LogP contribution in [0.25, 0.3) is 0 Å². The predicted molar refractivity (Wildman–Crippen MR) is 67.8 cm³/mol. The first-order valence-corrected chi connectivity index (χ1v) is 5.72. The largest absolute Gasteiger partial charge is 0.496 e. The van der Waals surface area contributed by atoms with E-state index in [0.29, 0.717) is 6.42 Å². The molecule has 1 amide bonds. The van der Waals surface area contributed by atoms with Crippen LogP contribution in [0.4, 0.5) is 0 Å². The molecule has 2 atom stereocenters. The van der Waals surface area contributed by atoms with Crippen molar-refractivity contribution in [2.45, 2.75) is 32.4 Å².